The van der Waals surface area contributed by atoms with Gasteiger partial charge >= 0.3 is 0 Å². The van der Waals surface area contributed by atoms with Crippen molar-refractivity contribution in [1.29, 1.82) is 0 Å². The lowest BCUT2D eigenvalue weighted by atomic mass is 9.68. The molecule has 20 heavy (non-hydrogen) atoms. The topological polar surface area (TPSA) is 32.5 Å². The second-order valence-corrected chi connectivity index (χ2v) is 8.34. The fourth-order valence-electron chi connectivity index (χ4n) is 4.31. The van der Waals surface area contributed by atoms with Crippen molar-refractivity contribution >= 4 is 0 Å². The number of hydrogen-bond donors (Lipinski definition) is 1. The van der Waals surface area contributed by atoms with Crippen LogP contribution >= 0.6 is 0 Å². The van der Waals surface area contributed by atoms with E-state index in [0.29, 0.717) is 22.9 Å². The van der Waals surface area contributed by atoms with E-state index in [1.165, 1.54) is 51.6 Å². The van der Waals surface area contributed by atoms with Crippen LogP contribution in [0.15, 0.2) is 0 Å². The molecule has 0 amide bonds. The first-order valence-corrected chi connectivity index (χ1v) is 8.38. The molecule has 0 aromatic rings. The van der Waals surface area contributed by atoms with E-state index in [1.807, 2.05) is 0 Å². The van der Waals surface area contributed by atoms with Crippen molar-refractivity contribution in [2.24, 2.45) is 17.1 Å². The van der Waals surface area contributed by atoms with E-state index in [9.17, 15) is 0 Å². The molecule has 0 saturated heterocycles. The van der Waals surface area contributed by atoms with Crippen molar-refractivity contribution < 1.29 is 0 Å². The molecule has 2 saturated carbocycles. The van der Waals surface area contributed by atoms with Crippen molar-refractivity contribution in [3.05, 3.63) is 0 Å². The average Bonchev–Trinajstić information content (AvgIpc) is 2.29. The molecule has 0 bridgehead atoms. The zero-order valence-corrected chi connectivity index (χ0v) is 14.3. The van der Waals surface area contributed by atoms with Gasteiger partial charge < -0.3 is 15.5 Å². The Balaban J connectivity index is 1.89. The minimum Gasteiger partial charge on any atom is -0.327 e. The van der Waals surface area contributed by atoms with Crippen LogP contribution in [0.5, 0.6) is 0 Å². The highest BCUT2D eigenvalue weighted by molar-refractivity contribution is 4.99. The van der Waals surface area contributed by atoms with Gasteiger partial charge in [0.15, 0.2) is 0 Å². The summed E-state index contributed by atoms with van der Waals surface area (Å²) >= 11 is 0. The lowest BCUT2D eigenvalue weighted by Gasteiger charge is -2.50. The van der Waals surface area contributed by atoms with E-state index in [-0.39, 0.29) is 0 Å². The Kier molecular flexibility index (Phi) is 4.83. The number of nitrogens with zero attached hydrogens (tertiary/aromatic N) is 2. The Bertz CT molecular complexity index is 320. The standard InChI is InChI=1S/C17H35N3/c1-16(2)9-6-8-14(15(16)18)12-20(5)13-17(19(3)4)10-7-11-17/h14-15H,6-13,18H2,1-5H3. The highest BCUT2D eigenvalue weighted by Gasteiger charge is 2.41. The molecular weight excluding hydrogens is 246 g/mol. The van der Waals surface area contributed by atoms with Gasteiger partial charge in [-0.25, -0.2) is 0 Å². The molecule has 0 spiro atoms. The average molecular weight is 281 g/mol. The molecule has 118 valence electrons. The van der Waals surface area contributed by atoms with Crippen LogP contribution in [0.25, 0.3) is 0 Å². The van der Waals surface area contributed by atoms with E-state index in [1.54, 1.807) is 0 Å². The molecule has 0 heterocycles. The first-order chi connectivity index (χ1) is 9.27. The summed E-state index contributed by atoms with van der Waals surface area (Å²) in [5, 5.41) is 0. The zero-order chi connectivity index (χ0) is 15.0. The van der Waals surface area contributed by atoms with E-state index in [0.717, 1.165) is 0 Å². The molecule has 2 fully saturated rings. The Labute approximate surface area is 125 Å². The Morgan fingerprint density at radius 3 is 2.20 bits per heavy atom. The molecule has 2 unspecified atom stereocenters. The highest BCUT2D eigenvalue weighted by Crippen LogP contribution is 2.39. The molecule has 3 nitrogen and oxygen atoms in total. The summed E-state index contributed by atoms with van der Waals surface area (Å²) in [7, 11) is 6.77. The van der Waals surface area contributed by atoms with Gasteiger partial charge in [0, 0.05) is 24.7 Å². The SMILES string of the molecule is CN(CC1CCCC(C)(C)C1N)CC1(N(C)C)CCC1. The monoisotopic (exact) mass is 281 g/mol. The minimum absolute atomic E-state index is 0.319. The van der Waals surface area contributed by atoms with Crippen LogP contribution in [0.2, 0.25) is 0 Å². The van der Waals surface area contributed by atoms with Gasteiger partial charge in [0.1, 0.15) is 0 Å². The van der Waals surface area contributed by atoms with Crippen molar-refractivity contribution in [2.75, 3.05) is 34.2 Å². The van der Waals surface area contributed by atoms with Gasteiger partial charge in [0.05, 0.1) is 0 Å². The van der Waals surface area contributed by atoms with Gasteiger partial charge in [-0.1, -0.05) is 20.3 Å². The molecule has 0 radical (unpaired) electrons. The summed E-state index contributed by atoms with van der Waals surface area (Å²) in [4.78, 5) is 4.99. The third-order valence-electron chi connectivity index (χ3n) is 6.15. The molecular formula is C17H35N3. The fraction of sp³-hybridized carbons (Fsp3) is 1.00. The lowest BCUT2D eigenvalue weighted by Crippen LogP contribution is -2.58. The molecule has 2 atom stereocenters. The maximum Gasteiger partial charge on any atom is 0.0330 e. The third-order valence-corrected chi connectivity index (χ3v) is 6.15. The van der Waals surface area contributed by atoms with Gasteiger partial charge in [-0.15, -0.1) is 0 Å². The van der Waals surface area contributed by atoms with Crippen LogP contribution in [-0.4, -0.2) is 55.6 Å². The summed E-state index contributed by atoms with van der Waals surface area (Å²) in [5.41, 5.74) is 7.29. The number of hydrogen-bond acceptors (Lipinski definition) is 3. The van der Waals surface area contributed by atoms with Crippen LogP contribution in [0.4, 0.5) is 0 Å². The van der Waals surface area contributed by atoms with Crippen LogP contribution in [0.3, 0.4) is 0 Å². The molecule has 2 aliphatic rings. The van der Waals surface area contributed by atoms with Crippen molar-refractivity contribution in [3.63, 3.8) is 0 Å². The summed E-state index contributed by atoms with van der Waals surface area (Å²) < 4.78 is 0. The summed E-state index contributed by atoms with van der Waals surface area (Å²) in [6, 6.07) is 0.357. The van der Waals surface area contributed by atoms with E-state index in [4.69, 9.17) is 5.73 Å². The quantitative estimate of drug-likeness (QED) is 0.840. The van der Waals surface area contributed by atoms with E-state index < -0.39 is 0 Å². The van der Waals surface area contributed by atoms with Crippen molar-refractivity contribution in [3.8, 4) is 0 Å². The van der Waals surface area contributed by atoms with Gasteiger partial charge in [-0.3, -0.25) is 0 Å². The van der Waals surface area contributed by atoms with Crippen LogP contribution < -0.4 is 5.73 Å². The largest absolute Gasteiger partial charge is 0.327 e. The number of rotatable bonds is 5. The maximum absolute atomic E-state index is 6.54. The van der Waals surface area contributed by atoms with E-state index in [2.05, 4.69) is 44.8 Å². The van der Waals surface area contributed by atoms with Gasteiger partial charge in [0.2, 0.25) is 0 Å². The Morgan fingerprint density at radius 2 is 1.70 bits per heavy atom. The zero-order valence-electron chi connectivity index (χ0n) is 14.3. The first-order valence-electron chi connectivity index (χ1n) is 8.38. The summed E-state index contributed by atoms with van der Waals surface area (Å²) in [6.07, 6.45) is 8.04. The normalized spacial score (nSPS) is 32.4. The second kappa shape index (κ2) is 5.94. The summed E-state index contributed by atoms with van der Waals surface area (Å²) in [6.45, 7) is 7.05. The lowest BCUT2D eigenvalue weighted by molar-refractivity contribution is 0.0163. The maximum atomic E-state index is 6.54. The Hall–Kier alpha value is -0.120. The predicted octanol–water partition coefficient (Wildman–Crippen LogP) is 2.56. The Morgan fingerprint density at radius 1 is 1.05 bits per heavy atom. The molecule has 2 rings (SSSR count). The first kappa shape index (κ1) is 16.3. The molecule has 2 aliphatic carbocycles. The molecule has 0 aromatic heterocycles. The smallest absolute Gasteiger partial charge is 0.0330 e. The summed E-state index contributed by atoms with van der Waals surface area (Å²) in [5.74, 6) is 0.669. The fourth-order valence-corrected chi connectivity index (χ4v) is 4.31. The van der Waals surface area contributed by atoms with Crippen LogP contribution in [0.1, 0.15) is 52.4 Å². The predicted molar refractivity (Wildman–Crippen MR) is 86.9 cm³/mol. The van der Waals surface area contributed by atoms with Gasteiger partial charge in [-0.2, -0.15) is 0 Å². The number of likely N-dealkylation sites (N-methyl/N-ethyl adjacent to an activating group) is 2. The minimum atomic E-state index is 0.319. The number of nitrogens with two attached hydrogens (primary N) is 1. The van der Waals surface area contributed by atoms with E-state index >= 15 is 0 Å². The molecule has 0 aliphatic heterocycles. The van der Waals surface area contributed by atoms with Crippen molar-refractivity contribution in [2.45, 2.75) is 64.0 Å². The van der Waals surface area contributed by atoms with Gasteiger partial charge in [0.25, 0.3) is 0 Å². The van der Waals surface area contributed by atoms with Crippen LogP contribution in [0, 0.1) is 11.3 Å². The second-order valence-electron chi connectivity index (χ2n) is 8.34. The third kappa shape index (κ3) is 3.20. The van der Waals surface area contributed by atoms with Crippen molar-refractivity contribution in [1.82, 2.24) is 9.80 Å². The molecule has 0 aromatic carbocycles. The molecule has 3 heteroatoms. The molecule has 2 N–H and O–H groups in total. The highest BCUT2D eigenvalue weighted by atomic mass is 15.2. The van der Waals surface area contributed by atoms with Gasteiger partial charge in [-0.05, 0) is 64.6 Å². The van der Waals surface area contributed by atoms with Crippen LogP contribution in [-0.2, 0) is 0 Å².